The molecule has 1 saturated heterocycles. The molecule has 4 fully saturated rings. The molecule has 2 bridgehead atoms. The standard InChI is InChI=1S/C43H68N6O4/c1-26(2)27(3)39(8)17-18-40(9)28-13-14-32-38(7)19-31(49-35(45-24-47-49)30-20-48(12)25-46-30)34(53-22-42(11,44)37(4,5)6)43(32,23-52-21-38)29(28)15-16-41(40,10)33(39)36(50)51/h15,20,24-28,31-34H,13-14,16-19,21-23,44H2,1-12H3,(H,50,51)/t27-,28+,31-,32-,33-,34+,38-,39-,40-,41+,42+,43+/m1/s1. The number of aliphatic carboxylic acids is 1. The Morgan fingerprint density at radius 1 is 1.08 bits per heavy atom. The number of carboxylic acids is 1. The fourth-order valence-electron chi connectivity index (χ4n) is 12.8. The van der Waals surface area contributed by atoms with E-state index in [1.165, 1.54) is 5.57 Å². The molecular formula is C43H68N6O4. The molecule has 0 unspecified atom stereocenters. The van der Waals surface area contributed by atoms with Crippen molar-refractivity contribution in [3.8, 4) is 11.5 Å². The van der Waals surface area contributed by atoms with Crippen LogP contribution in [0, 0.1) is 62.1 Å². The number of allylic oxidation sites excluding steroid dienone is 1. The van der Waals surface area contributed by atoms with Crippen molar-refractivity contribution in [2.75, 3.05) is 19.8 Å². The lowest BCUT2D eigenvalue weighted by Crippen LogP contribution is -2.70. The molecule has 0 radical (unpaired) electrons. The van der Waals surface area contributed by atoms with Crippen LogP contribution in [0.15, 0.2) is 30.5 Å². The van der Waals surface area contributed by atoms with E-state index in [-0.39, 0.29) is 39.7 Å². The third-order valence-electron chi connectivity index (χ3n) is 17.1. The molecule has 294 valence electrons. The van der Waals surface area contributed by atoms with Crippen molar-refractivity contribution in [3.05, 3.63) is 30.5 Å². The topological polar surface area (TPSA) is 130 Å². The first-order valence-corrected chi connectivity index (χ1v) is 20.4. The Kier molecular flexibility index (Phi) is 9.11. The number of rotatable bonds is 8. The predicted octanol–water partition coefficient (Wildman–Crippen LogP) is 7.96. The van der Waals surface area contributed by atoms with Crippen LogP contribution in [0.3, 0.4) is 0 Å². The van der Waals surface area contributed by atoms with Gasteiger partial charge in [-0.15, -0.1) is 0 Å². The molecular weight excluding hydrogens is 665 g/mol. The van der Waals surface area contributed by atoms with Crippen molar-refractivity contribution in [2.45, 2.75) is 132 Å². The fraction of sp³-hybridized carbons (Fsp3) is 0.814. The molecule has 10 nitrogen and oxygen atoms in total. The van der Waals surface area contributed by atoms with Crippen molar-refractivity contribution < 1.29 is 19.4 Å². The van der Waals surface area contributed by atoms with Gasteiger partial charge < -0.3 is 24.9 Å². The molecule has 3 heterocycles. The van der Waals surface area contributed by atoms with Crippen LogP contribution in [-0.2, 0) is 21.3 Å². The number of imidazole rings is 1. The average molecular weight is 733 g/mol. The van der Waals surface area contributed by atoms with Gasteiger partial charge >= 0.3 is 5.97 Å². The third kappa shape index (κ3) is 5.41. The van der Waals surface area contributed by atoms with Crippen LogP contribution >= 0.6 is 0 Å². The Morgan fingerprint density at radius 2 is 1.79 bits per heavy atom. The molecule has 12 atom stereocenters. The quantitative estimate of drug-likeness (QED) is 0.262. The molecule has 1 aliphatic heterocycles. The minimum Gasteiger partial charge on any atom is -0.481 e. The largest absolute Gasteiger partial charge is 0.481 e. The molecule has 5 aliphatic rings. The van der Waals surface area contributed by atoms with Crippen LogP contribution in [0.2, 0.25) is 0 Å². The second-order valence-electron chi connectivity index (χ2n) is 21.0. The number of nitrogens with two attached hydrogens (primary N) is 1. The number of hydrogen-bond donors (Lipinski definition) is 2. The van der Waals surface area contributed by atoms with Crippen LogP contribution < -0.4 is 5.73 Å². The van der Waals surface area contributed by atoms with Gasteiger partial charge in [-0.1, -0.05) is 80.9 Å². The van der Waals surface area contributed by atoms with E-state index in [1.807, 2.05) is 24.1 Å². The van der Waals surface area contributed by atoms with Crippen LogP contribution in [-0.4, -0.2) is 66.9 Å². The van der Waals surface area contributed by atoms with Crippen molar-refractivity contribution in [3.63, 3.8) is 0 Å². The molecule has 0 amide bonds. The van der Waals surface area contributed by atoms with Crippen LogP contribution in [0.4, 0.5) is 0 Å². The smallest absolute Gasteiger partial charge is 0.307 e. The Labute approximate surface area is 318 Å². The zero-order valence-electron chi connectivity index (χ0n) is 34.7. The molecule has 53 heavy (non-hydrogen) atoms. The van der Waals surface area contributed by atoms with E-state index in [4.69, 9.17) is 30.3 Å². The molecule has 0 aromatic carbocycles. The van der Waals surface area contributed by atoms with Crippen molar-refractivity contribution in [1.82, 2.24) is 24.3 Å². The van der Waals surface area contributed by atoms with Crippen molar-refractivity contribution in [1.29, 1.82) is 0 Å². The molecule has 2 aromatic rings. The molecule has 3 saturated carbocycles. The molecule has 4 aliphatic carbocycles. The number of carbonyl (C=O) groups is 1. The number of fused-ring (bicyclic) bond motifs is 3. The second-order valence-corrected chi connectivity index (χ2v) is 21.0. The van der Waals surface area contributed by atoms with Gasteiger partial charge in [0.05, 0.1) is 44.2 Å². The van der Waals surface area contributed by atoms with E-state index < -0.39 is 28.3 Å². The Balaban J connectivity index is 1.40. The zero-order chi connectivity index (χ0) is 38.7. The summed E-state index contributed by atoms with van der Waals surface area (Å²) >= 11 is 0. The first kappa shape index (κ1) is 38.7. The van der Waals surface area contributed by atoms with Gasteiger partial charge in [0.25, 0.3) is 0 Å². The summed E-state index contributed by atoms with van der Waals surface area (Å²) in [7, 11) is 1.98. The van der Waals surface area contributed by atoms with E-state index in [9.17, 15) is 9.90 Å². The monoisotopic (exact) mass is 733 g/mol. The van der Waals surface area contributed by atoms with E-state index in [0.717, 1.165) is 50.0 Å². The minimum absolute atomic E-state index is 0.124. The number of nitrogens with zero attached hydrogens (tertiary/aromatic N) is 5. The third-order valence-corrected chi connectivity index (χ3v) is 17.1. The number of ether oxygens (including phenoxy) is 2. The minimum atomic E-state index is -0.637. The van der Waals surface area contributed by atoms with E-state index in [0.29, 0.717) is 37.6 Å². The highest BCUT2D eigenvalue weighted by atomic mass is 16.5. The summed E-state index contributed by atoms with van der Waals surface area (Å²) in [6.45, 7) is 26.6. The van der Waals surface area contributed by atoms with Gasteiger partial charge in [0.1, 0.15) is 12.0 Å². The summed E-state index contributed by atoms with van der Waals surface area (Å²) < 4.78 is 18.3. The lowest BCUT2D eigenvalue weighted by Gasteiger charge is -2.71. The lowest BCUT2D eigenvalue weighted by molar-refractivity contribution is -0.255. The molecule has 3 N–H and O–H groups in total. The molecule has 0 spiro atoms. The Morgan fingerprint density at radius 3 is 2.42 bits per heavy atom. The van der Waals surface area contributed by atoms with Gasteiger partial charge in [-0.3, -0.25) is 4.79 Å². The highest BCUT2D eigenvalue weighted by Crippen LogP contribution is 2.75. The second kappa shape index (κ2) is 12.5. The number of hydrogen-bond acceptors (Lipinski definition) is 7. The SMILES string of the molecule is CC(C)[C@@H](C)[C@@]1(C)CC[C@]2(C)[C@H]3CC[C@@H]4[C@@]5(C)COC[C@@]4(C3=CC[C@@]2(C)[C@@H]1C(=O)O)[C@@H](OC[C@](C)(N)C(C)(C)C)[C@H](n1ncnc1-c1cn(C)cn1)C5. The maximum Gasteiger partial charge on any atom is 0.307 e. The number of carboxylic acid groups (broad SMARTS) is 1. The molecule has 10 heteroatoms. The zero-order valence-corrected chi connectivity index (χ0v) is 34.7. The van der Waals surface area contributed by atoms with Gasteiger partial charge in [-0.25, -0.2) is 14.6 Å². The first-order valence-electron chi connectivity index (χ1n) is 20.4. The molecule has 7 rings (SSSR count). The van der Waals surface area contributed by atoms with Gasteiger partial charge in [0, 0.05) is 24.2 Å². The van der Waals surface area contributed by atoms with E-state index in [2.05, 4.69) is 86.9 Å². The predicted molar refractivity (Wildman–Crippen MR) is 207 cm³/mol. The average Bonchev–Trinajstić information content (AvgIpc) is 3.72. The molecule has 2 aromatic heterocycles. The van der Waals surface area contributed by atoms with Gasteiger partial charge in [-0.05, 0) is 96.2 Å². The van der Waals surface area contributed by atoms with Gasteiger partial charge in [-0.2, -0.15) is 5.10 Å². The summed E-state index contributed by atoms with van der Waals surface area (Å²) in [5, 5.41) is 16.2. The van der Waals surface area contributed by atoms with Crippen molar-refractivity contribution in [2.24, 2.45) is 74.9 Å². The van der Waals surface area contributed by atoms with Crippen molar-refractivity contribution >= 4 is 5.97 Å². The van der Waals surface area contributed by atoms with Gasteiger partial charge in [0.2, 0.25) is 0 Å². The number of aromatic nitrogens is 5. The highest BCUT2D eigenvalue weighted by molar-refractivity contribution is 5.73. The van der Waals surface area contributed by atoms with Crippen LogP contribution in [0.25, 0.3) is 11.5 Å². The summed E-state index contributed by atoms with van der Waals surface area (Å²) in [5.41, 5.74) is 7.08. The summed E-state index contributed by atoms with van der Waals surface area (Å²) in [6.07, 6.45) is 13.3. The summed E-state index contributed by atoms with van der Waals surface area (Å²) in [5.74, 6) is 0.910. The summed E-state index contributed by atoms with van der Waals surface area (Å²) in [4.78, 5) is 23.1. The van der Waals surface area contributed by atoms with Gasteiger partial charge in [0.15, 0.2) is 5.82 Å². The lowest BCUT2D eigenvalue weighted by atomic mass is 9.34. The van der Waals surface area contributed by atoms with E-state index >= 15 is 0 Å². The van der Waals surface area contributed by atoms with Crippen LogP contribution in [0.1, 0.15) is 121 Å². The van der Waals surface area contributed by atoms with Crippen LogP contribution in [0.5, 0.6) is 0 Å². The maximum atomic E-state index is 13.6. The Hall–Kier alpha value is -2.56. The Bertz CT molecular complexity index is 1760. The maximum absolute atomic E-state index is 13.6. The highest BCUT2D eigenvalue weighted by Gasteiger charge is 2.73. The normalized spacial score (nSPS) is 41.5. The fourth-order valence-corrected chi connectivity index (χ4v) is 12.8. The first-order chi connectivity index (χ1) is 24.6. The number of aryl methyl sites for hydroxylation is 1. The summed E-state index contributed by atoms with van der Waals surface area (Å²) in [6, 6.07) is -0.135. The van der Waals surface area contributed by atoms with E-state index in [1.54, 1.807) is 6.33 Å².